The molecule has 0 aromatic heterocycles. The first-order valence-corrected chi connectivity index (χ1v) is 7.80. The van der Waals surface area contributed by atoms with Crippen LogP contribution in [-0.4, -0.2) is 8.42 Å². The third kappa shape index (κ3) is 2.87. The molecule has 0 fully saturated rings. The van der Waals surface area contributed by atoms with Gasteiger partial charge in [-0.15, -0.1) is 0 Å². The second-order valence-electron chi connectivity index (χ2n) is 4.62. The molecule has 3 nitrogen and oxygen atoms in total. The second kappa shape index (κ2) is 5.18. The van der Waals surface area contributed by atoms with Gasteiger partial charge in [0.15, 0.2) is 0 Å². The van der Waals surface area contributed by atoms with Gasteiger partial charge >= 0.3 is 0 Å². The lowest BCUT2D eigenvalue weighted by Crippen LogP contribution is -2.12. The summed E-state index contributed by atoms with van der Waals surface area (Å²) in [5.41, 5.74) is 0.324. The smallest absolute Gasteiger partial charge is 0.261 e. The van der Waals surface area contributed by atoms with Crippen molar-refractivity contribution in [3.8, 4) is 0 Å². The van der Waals surface area contributed by atoms with Gasteiger partial charge in [0.05, 0.1) is 4.90 Å². The zero-order valence-electron chi connectivity index (χ0n) is 11.0. The molecular formula is C16H12FNO2S. The molecule has 0 aliphatic heterocycles. The van der Waals surface area contributed by atoms with E-state index < -0.39 is 15.8 Å². The van der Waals surface area contributed by atoms with Crippen LogP contribution in [0.4, 0.5) is 10.1 Å². The maximum absolute atomic E-state index is 12.8. The summed E-state index contributed by atoms with van der Waals surface area (Å²) >= 11 is 0. The monoisotopic (exact) mass is 301 g/mol. The van der Waals surface area contributed by atoms with Crippen molar-refractivity contribution in [2.24, 2.45) is 0 Å². The maximum atomic E-state index is 12.8. The lowest BCUT2D eigenvalue weighted by molar-refractivity contribution is 0.601. The van der Waals surface area contributed by atoms with Crippen molar-refractivity contribution in [3.63, 3.8) is 0 Å². The summed E-state index contributed by atoms with van der Waals surface area (Å²) in [4.78, 5) is 0.172. The van der Waals surface area contributed by atoms with Crippen LogP contribution >= 0.6 is 0 Å². The highest BCUT2D eigenvalue weighted by molar-refractivity contribution is 7.92. The molecule has 1 N–H and O–H groups in total. The third-order valence-electron chi connectivity index (χ3n) is 3.13. The van der Waals surface area contributed by atoms with Crippen LogP contribution < -0.4 is 4.72 Å². The fourth-order valence-electron chi connectivity index (χ4n) is 2.07. The van der Waals surface area contributed by atoms with Crippen molar-refractivity contribution in [2.75, 3.05) is 4.72 Å². The Balaban J connectivity index is 1.97. The van der Waals surface area contributed by atoms with Crippen molar-refractivity contribution < 1.29 is 12.8 Å². The highest BCUT2D eigenvalue weighted by Crippen LogP contribution is 2.21. The number of hydrogen-bond donors (Lipinski definition) is 1. The standard InChI is InChI=1S/C16H12FNO2S/c17-14-6-8-15(9-7-14)18-21(19,20)16-10-5-12-3-1-2-4-13(12)11-16/h1-11,18H. The van der Waals surface area contributed by atoms with Crippen molar-refractivity contribution in [3.05, 3.63) is 72.5 Å². The van der Waals surface area contributed by atoms with Crippen LogP contribution in [0, 0.1) is 5.82 Å². The van der Waals surface area contributed by atoms with E-state index in [1.165, 1.54) is 24.3 Å². The third-order valence-corrected chi connectivity index (χ3v) is 4.51. The summed E-state index contributed by atoms with van der Waals surface area (Å²) in [6, 6.07) is 17.6. The Morgan fingerprint density at radius 3 is 2.19 bits per heavy atom. The van der Waals surface area contributed by atoms with E-state index in [0.29, 0.717) is 5.69 Å². The van der Waals surface area contributed by atoms with Crippen molar-refractivity contribution in [1.29, 1.82) is 0 Å². The zero-order valence-corrected chi connectivity index (χ0v) is 11.8. The van der Waals surface area contributed by atoms with Crippen LogP contribution in [-0.2, 0) is 10.0 Å². The van der Waals surface area contributed by atoms with Gasteiger partial charge in [0.1, 0.15) is 5.82 Å². The largest absolute Gasteiger partial charge is 0.280 e. The molecule has 0 aliphatic carbocycles. The topological polar surface area (TPSA) is 46.2 Å². The summed E-state index contributed by atoms with van der Waals surface area (Å²) in [5.74, 6) is -0.413. The van der Waals surface area contributed by atoms with E-state index in [9.17, 15) is 12.8 Å². The number of rotatable bonds is 3. The molecule has 3 rings (SSSR count). The highest BCUT2D eigenvalue weighted by atomic mass is 32.2. The average Bonchev–Trinajstić information content (AvgIpc) is 2.49. The fourth-order valence-corrected chi connectivity index (χ4v) is 3.16. The molecule has 21 heavy (non-hydrogen) atoms. The summed E-state index contributed by atoms with van der Waals surface area (Å²) in [6.07, 6.45) is 0. The molecule has 0 bridgehead atoms. The Labute approximate surface area is 122 Å². The Kier molecular flexibility index (Phi) is 3.35. The highest BCUT2D eigenvalue weighted by Gasteiger charge is 2.14. The van der Waals surface area contributed by atoms with Crippen LogP contribution in [0.2, 0.25) is 0 Å². The average molecular weight is 301 g/mol. The maximum Gasteiger partial charge on any atom is 0.261 e. The SMILES string of the molecule is O=S(=O)(Nc1ccc(F)cc1)c1ccc2ccccc2c1. The second-order valence-corrected chi connectivity index (χ2v) is 6.30. The normalized spacial score (nSPS) is 11.5. The van der Waals surface area contributed by atoms with Crippen LogP contribution in [0.3, 0.4) is 0 Å². The number of fused-ring (bicyclic) bond motifs is 1. The molecule has 0 amide bonds. The van der Waals surface area contributed by atoms with E-state index in [-0.39, 0.29) is 4.90 Å². The molecular weight excluding hydrogens is 289 g/mol. The Bertz CT molecular complexity index is 890. The van der Waals surface area contributed by atoms with Gasteiger partial charge in [-0.3, -0.25) is 4.72 Å². The zero-order chi connectivity index (χ0) is 14.9. The molecule has 0 saturated carbocycles. The minimum Gasteiger partial charge on any atom is -0.280 e. The lowest BCUT2D eigenvalue weighted by atomic mass is 10.1. The van der Waals surface area contributed by atoms with Crippen LogP contribution in [0.1, 0.15) is 0 Å². The molecule has 0 heterocycles. The van der Waals surface area contributed by atoms with E-state index in [0.717, 1.165) is 10.8 Å². The molecule has 0 spiro atoms. The Morgan fingerprint density at radius 1 is 0.810 bits per heavy atom. The molecule has 0 radical (unpaired) electrons. The Hall–Kier alpha value is -2.40. The van der Waals surface area contributed by atoms with Crippen LogP contribution in [0.15, 0.2) is 71.6 Å². The van der Waals surface area contributed by atoms with Crippen molar-refractivity contribution >= 4 is 26.5 Å². The number of benzene rings is 3. The van der Waals surface area contributed by atoms with Crippen LogP contribution in [0.25, 0.3) is 10.8 Å². The number of anilines is 1. The molecule has 3 aromatic carbocycles. The van der Waals surface area contributed by atoms with Crippen molar-refractivity contribution in [2.45, 2.75) is 4.90 Å². The Morgan fingerprint density at radius 2 is 1.48 bits per heavy atom. The van der Waals surface area contributed by atoms with Gasteiger partial charge in [0.2, 0.25) is 0 Å². The molecule has 0 atom stereocenters. The number of halogens is 1. The van der Waals surface area contributed by atoms with E-state index in [1.807, 2.05) is 24.3 Å². The molecule has 5 heteroatoms. The quantitative estimate of drug-likeness (QED) is 0.800. The van der Waals surface area contributed by atoms with Crippen LogP contribution in [0.5, 0.6) is 0 Å². The number of hydrogen-bond acceptors (Lipinski definition) is 2. The first-order chi connectivity index (χ1) is 10.0. The van der Waals surface area contributed by atoms with Gasteiger partial charge < -0.3 is 0 Å². The molecule has 106 valence electrons. The van der Waals surface area contributed by atoms with E-state index in [2.05, 4.69) is 4.72 Å². The molecule has 0 saturated heterocycles. The van der Waals surface area contributed by atoms with Gasteiger partial charge in [-0.25, -0.2) is 12.8 Å². The van der Waals surface area contributed by atoms with Gasteiger partial charge in [-0.1, -0.05) is 30.3 Å². The number of nitrogens with one attached hydrogen (secondary N) is 1. The fraction of sp³-hybridized carbons (Fsp3) is 0. The molecule has 3 aromatic rings. The first kappa shape index (κ1) is 13.6. The lowest BCUT2D eigenvalue weighted by Gasteiger charge is -2.09. The van der Waals surface area contributed by atoms with Gasteiger partial charge in [0, 0.05) is 5.69 Å². The van der Waals surface area contributed by atoms with E-state index in [4.69, 9.17) is 0 Å². The number of sulfonamides is 1. The van der Waals surface area contributed by atoms with Gasteiger partial charge in [0.25, 0.3) is 10.0 Å². The first-order valence-electron chi connectivity index (χ1n) is 6.32. The molecule has 0 aliphatic rings. The minimum absolute atomic E-state index is 0.172. The predicted octanol–water partition coefficient (Wildman–Crippen LogP) is 3.78. The molecule has 0 unspecified atom stereocenters. The summed E-state index contributed by atoms with van der Waals surface area (Å²) < 4.78 is 39.9. The van der Waals surface area contributed by atoms with Gasteiger partial charge in [-0.05, 0) is 47.2 Å². The van der Waals surface area contributed by atoms with Crippen molar-refractivity contribution in [1.82, 2.24) is 0 Å². The van der Waals surface area contributed by atoms with Gasteiger partial charge in [-0.2, -0.15) is 0 Å². The summed E-state index contributed by atoms with van der Waals surface area (Å²) in [7, 11) is -3.69. The van der Waals surface area contributed by atoms with E-state index in [1.54, 1.807) is 18.2 Å². The van der Waals surface area contributed by atoms with E-state index >= 15 is 0 Å². The summed E-state index contributed by atoms with van der Waals surface area (Å²) in [6.45, 7) is 0. The predicted molar refractivity (Wildman–Crippen MR) is 81.2 cm³/mol. The minimum atomic E-state index is -3.69. The summed E-state index contributed by atoms with van der Waals surface area (Å²) in [5, 5.41) is 1.82.